The molecular weight excluding hydrogens is 348 g/mol. The molecule has 0 atom stereocenters. The fourth-order valence-electron chi connectivity index (χ4n) is 2.60. The highest BCUT2D eigenvalue weighted by Gasteiger charge is 2.22. The van der Waals surface area contributed by atoms with Crippen molar-refractivity contribution in [2.45, 2.75) is 25.7 Å². The Balaban J connectivity index is 1.88. The second-order valence-electron chi connectivity index (χ2n) is 5.00. The molecule has 2 aromatic rings. The summed E-state index contributed by atoms with van der Waals surface area (Å²) in [5.74, 6) is -0.124. The molecule has 0 radical (unpaired) electrons. The SMILES string of the molecule is N#Cc1sc(NC(=O)c2ccc(Br)cc2)c2c1CCCC2. The number of nitriles is 1. The largest absolute Gasteiger partial charge is 0.313 e. The molecule has 5 heteroatoms. The molecule has 0 spiro atoms. The van der Waals surface area contributed by atoms with Gasteiger partial charge in [-0.2, -0.15) is 5.26 Å². The standard InChI is InChI=1S/C16H13BrN2OS/c17-11-7-5-10(6-8-11)15(20)19-16-13-4-2-1-3-12(13)14(9-18)21-16/h5-8H,1-4H2,(H,19,20). The Bertz CT molecular complexity index is 728. The van der Waals surface area contributed by atoms with Crippen molar-refractivity contribution in [1.29, 1.82) is 5.26 Å². The van der Waals surface area contributed by atoms with Crippen LogP contribution in [0.1, 0.15) is 39.2 Å². The Morgan fingerprint density at radius 1 is 1.19 bits per heavy atom. The van der Waals surface area contributed by atoms with Crippen molar-refractivity contribution in [3.63, 3.8) is 0 Å². The second kappa shape index (κ2) is 6.00. The molecule has 0 aliphatic heterocycles. The Kier molecular flexibility index (Phi) is 4.09. The molecule has 106 valence electrons. The minimum Gasteiger partial charge on any atom is -0.313 e. The molecule has 0 saturated heterocycles. The normalized spacial score (nSPS) is 13.3. The number of carbonyl (C=O) groups is 1. The van der Waals surface area contributed by atoms with Gasteiger partial charge in [0.05, 0.1) is 5.00 Å². The number of halogens is 1. The first-order valence-electron chi connectivity index (χ1n) is 6.80. The van der Waals surface area contributed by atoms with Gasteiger partial charge in [0, 0.05) is 10.0 Å². The summed E-state index contributed by atoms with van der Waals surface area (Å²) in [6.07, 6.45) is 4.14. The molecule has 1 N–H and O–H groups in total. The lowest BCUT2D eigenvalue weighted by molar-refractivity contribution is 0.102. The van der Waals surface area contributed by atoms with E-state index in [1.54, 1.807) is 12.1 Å². The van der Waals surface area contributed by atoms with Crippen LogP contribution in [-0.4, -0.2) is 5.91 Å². The van der Waals surface area contributed by atoms with Crippen LogP contribution in [0, 0.1) is 11.3 Å². The van der Waals surface area contributed by atoms with Crippen molar-refractivity contribution >= 4 is 38.2 Å². The van der Waals surface area contributed by atoms with E-state index in [1.165, 1.54) is 11.3 Å². The smallest absolute Gasteiger partial charge is 0.256 e. The maximum absolute atomic E-state index is 12.3. The fourth-order valence-corrected chi connectivity index (χ4v) is 3.95. The van der Waals surface area contributed by atoms with Crippen molar-refractivity contribution in [3.05, 3.63) is 50.3 Å². The van der Waals surface area contributed by atoms with Gasteiger partial charge in [0.2, 0.25) is 0 Å². The van der Waals surface area contributed by atoms with Gasteiger partial charge in [0.25, 0.3) is 5.91 Å². The lowest BCUT2D eigenvalue weighted by Crippen LogP contribution is -2.13. The van der Waals surface area contributed by atoms with Crippen LogP contribution in [0.4, 0.5) is 5.00 Å². The molecule has 1 aliphatic carbocycles. The topological polar surface area (TPSA) is 52.9 Å². The average Bonchev–Trinajstić information content (AvgIpc) is 2.86. The predicted octanol–water partition coefficient (Wildman–Crippen LogP) is 4.51. The lowest BCUT2D eigenvalue weighted by atomic mass is 9.93. The van der Waals surface area contributed by atoms with Gasteiger partial charge in [0.1, 0.15) is 10.9 Å². The molecule has 1 aromatic heterocycles. The van der Waals surface area contributed by atoms with E-state index in [1.807, 2.05) is 12.1 Å². The zero-order valence-electron chi connectivity index (χ0n) is 11.3. The third-order valence-electron chi connectivity index (χ3n) is 3.66. The van der Waals surface area contributed by atoms with Gasteiger partial charge in [-0.1, -0.05) is 15.9 Å². The number of nitrogens with one attached hydrogen (secondary N) is 1. The first-order chi connectivity index (χ1) is 10.2. The van der Waals surface area contributed by atoms with Crippen LogP contribution in [0.5, 0.6) is 0 Å². The number of benzene rings is 1. The summed E-state index contributed by atoms with van der Waals surface area (Å²) < 4.78 is 0.944. The molecule has 1 aliphatic rings. The third-order valence-corrected chi connectivity index (χ3v) is 5.28. The number of rotatable bonds is 2. The highest BCUT2D eigenvalue weighted by Crippen LogP contribution is 2.38. The number of hydrogen-bond donors (Lipinski definition) is 1. The van der Waals surface area contributed by atoms with Crippen molar-refractivity contribution in [1.82, 2.24) is 0 Å². The van der Waals surface area contributed by atoms with Gasteiger partial charge in [0.15, 0.2) is 0 Å². The van der Waals surface area contributed by atoms with Crippen LogP contribution in [0.2, 0.25) is 0 Å². The van der Waals surface area contributed by atoms with Gasteiger partial charge in [-0.25, -0.2) is 0 Å². The van der Waals surface area contributed by atoms with E-state index in [0.29, 0.717) is 5.56 Å². The fraction of sp³-hybridized carbons (Fsp3) is 0.250. The maximum atomic E-state index is 12.3. The van der Waals surface area contributed by atoms with E-state index >= 15 is 0 Å². The molecule has 1 heterocycles. The highest BCUT2D eigenvalue weighted by atomic mass is 79.9. The van der Waals surface area contributed by atoms with Crippen molar-refractivity contribution in [3.8, 4) is 6.07 Å². The van der Waals surface area contributed by atoms with Crippen LogP contribution in [0.3, 0.4) is 0 Å². The van der Waals surface area contributed by atoms with Crippen LogP contribution in [0.15, 0.2) is 28.7 Å². The van der Waals surface area contributed by atoms with E-state index in [4.69, 9.17) is 0 Å². The molecule has 1 aromatic carbocycles. The monoisotopic (exact) mass is 360 g/mol. The molecule has 0 saturated carbocycles. The highest BCUT2D eigenvalue weighted by molar-refractivity contribution is 9.10. The summed E-state index contributed by atoms with van der Waals surface area (Å²) in [6, 6.07) is 9.52. The van der Waals surface area contributed by atoms with E-state index < -0.39 is 0 Å². The Labute approximate surface area is 135 Å². The number of amides is 1. The zero-order valence-corrected chi connectivity index (χ0v) is 13.7. The summed E-state index contributed by atoms with van der Waals surface area (Å²) in [7, 11) is 0. The summed E-state index contributed by atoms with van der Waals surface area (Å²) in [4.78, 5) is 13.1. The number of hydrogen-bond acceptors (Lipinski definition) is 3. The predicted molar refractivity (Wildman–Crippen MR) is 87.8 cm³/mol. The molecular formula is C16H13BrN2OS. The number of carbonyl (C=O) groups excluding carboxylic acids is 1. The Morgan fingerprint density at radius 3 is 2.52 bits per heavy atom. The number of thiophene rings is 1. The summed E-state index contributed by atoms with van der Waals surface area (Å²) >= 11 is 4.76. The molecule has 0 fully saturated rings. The van der Waals surface area contributed by atoms with Crippen molar-refractivity contribution in [2.75, 3.05) is 5.32 Å². The van der Waals surface area contributed by atoms with Gasteiger partial charge in [-0.05, 0) is 61.1 Å². The third kappa shape index (κ3) is 2.87. The van der Waals surface area contributed by atoms with E-state index in [-0.39, 0.29) is 5.91 Å². The van der Waals surface area contributed by atoms with Crippen molar-refractivity contribution < 1.29 is 4.79 Å². The summed E-state index contributed by atoms with van der Waals surface area (Å²) in [5, 5.41) is 13.0. The van der Waals surface area contributed by atoms with Gasteiger partial charge in [-0.15, -0.1) is 11.3 Å². The molecule has 21 heavy (non-hydrogen) atoms. The van der Waals surface area contributed by atoms with E-state index in [0.717, 1.165) is 51.2 Å². The summed E-state index contributed by atoms with van der Waals surface area (Å²) in [6.45, 7) is 0. The molecule has 3 nitrogen and oxygen atoms in total. The molecule has 0 unspecified atom stereocenters. The van der Waals surface area contributed by atoms with Gasteiger partial charge in [-0.3, -0.25) is 4.79 Å². The Morgan fingerprint density at radius 2 is 1.86 bits per heavy atom. The minimum absolute atomic E-state index is 0.124. The number of nitrogens with zero attached hydrogens (tertiary/aromatic N) is 1. The van der Waals surface area contributed by atoms with Gasteiger partial charge >= 0.3 is 0 Å². The van der Waals surface area contributed by atoms with E-state index in [9.17, 15) is 10.1 Å². The van der Waals surface area contributed by atoms with Crippen LogP contribution >= 0.6 is 27.3 Å². The zero-order chi connectivity index (χ0) is 14.8. The second-order valence-corrected chi connectivity index (χ2v) is 6.93. The summed E-state index contributed by atoms with van der Waals surface area (Å²) in [5.41, 5.74) is 2.92. The van der Waals surface area contributed by atoms with Crippen LogP contribution in [-0.2, 0) is 12.8 Å². The minimum atomic E-state index is -0.124. The maximum Gasteiger partial charge on any atom is 0.256 e. The number of fused-ring (bicyclic) bond motifs is 1. The number of anilines is 1. The quantitative estimate of drug-likeness (QED) is 0.856. The first kappa shape index (κ1) is 14.3. The molecule has 3 rings (SSSR count). The first-order valence-corrected chi connectivity index (χ1v) is 8.41. The molecule has 1 amide bonds. The van der Waals surface area contributed by atoms with Crippen LogP contribution < -0.4 is 5.32 Å². The molecule has 0 bridgehead atoms. The van der Waals surface area contributed by atoms with Crippen molar-refractivity contribution in [2.24, 2.45) is 0 Å². The van der Waals surface area contributed by atoms with E-state index in [2.05, 4.69) is 27.3 Å². The van der Waals surface area contributed by atoms with Gasteiger partial charge < -0.3 is 5.32 Å². The van der Waals surface area contributed by atoms with Crippen LogP contribution in [0.25, 0.3) is 0 Å². The lowest BCUT2D eigenvalue weighted by Gasteiger charge is -2.13. The average molecular weight is 361 g/mol. The Hall–Kier alpha value is -1.64.